The van der Waals surface area contributed by atoms with E-state index in [0.717, 1.165) is 11.1 Å². The first kappa shape index (κ1) is 26.3. The average Bonchev–Trinajstić information content (AvgIpc) is 2.56. The molecule has 0 aliphatic rings. The molecule has 0 saturated carbocycles. The van der Waals surface area contributed by atoms with Gasteiger partial charge in [0.2, 0.25) is 0 Å². The second kappa shape index (κ2) is 13.4. The van der Waals surface area contributed by atoms with Gasteiger partial charge in [-0.2, -0.15) is 0 Å². The van der Waals surface area contributed by atoms with Crippen LogP contribution in [0.3, 0.4) is 0 Å². The Balaban J connectivity index is 0.000000483. The molecular weight excluding hydrogens is 429 g/mol. The summed E-state index contributed by atoms with van der Waals surface area (Å²) in [6, 6.07) is 18.0. The summed E-state index contributed by atoms with van der Waals surface area (Å²) in [5.41, 5.74) is 1.52. The number of hydrogen-bond acceptors (Lipinski definition) is 6. The van der Waals surface area contributed by atoms with Crippen LogP contribution in [0.2, 0.25) is 0 Å². The Morgan fingerprint density at radius 3 is 1.26 bits per heavy atom. The van der Waals surface area contributed by atoms with Gasteiger partial charge in [-0.1, -0.05) is 60.7 Å². The van der Waals surface area contributed by atoms with E-state index in [2.05, 4.69) is 9.05 Å². The van der Waals surface area contributed by atoms with Crippen LogP contribution >= 0.6 is 15.2 Å². The van der Waals surface area contributed by atoms with Gasteiger partial charge in [0.25, 0.3) is 0 Å². The SMILES string of the molecule is CCOP(=O)([O-])Cc1ccccc1.CCOP(=O)([O-])Cc1ccccc1.[Mn+2]. The van der Waals surface area contributed by atoms with Crippen LogP contribution in [0.15, 0.2) is 60.7 Å². The van der Waals surface area contributed by atoms with E-state index >= 15 is 0 Å². The minimum Gasteiger partial charge on any atom is -0.778 e. The summed E-state index contributed by atoms with van der Waals surface area (Å²) in [4.78, 5) is 22.4. The van der Waals surface area contributed by atoms with Crippen LogP contribution in [0.5, 0.6) is 0 Å². The number of hydrogen-bond donors (Lipinski definition) is 0. The van der Waals surface area contributed by atoms with Crippen molar-refractivity contribution in [2.24, 2.45) is 0 Å². The van der Waals surface area contributed by atoms with Crippen molar-refractivity contribution in [1.29, 1.82) is 0 Å². The monoisotopic (exact) mass is 453 g/mol. The Bertz CT molecular complexity index is 664. The maximum absolute atomic E-state index is 11.2. The normalized spacial score (nSPS) is 14.7. The van der Waals surface area contributed by atoms with Gasteiger partial charge in [0.05, 0.1) is 13.2 Å². The van der Waals surface area contributed by atoms with Crippen molar-refractivity contribution in [3.05, 3.63) is 71.8 Å². The topological polar surface area (TPSA) is 98.7 Å². The summed E-state index contributed by atoms with van der Waals surface area (Å²) in [6.07, 6.45) is -0.0522. The Hall–Kier alpha value is -0.741. The number of rotatable bonds is 8. The van der Waals surface area contributed by atoms with Gasteiger partial charge in [0.1, 0.15) is 15.2 Å². The van der Waals surface area contributed by atoms with Crippen LogP contribution in [0.1, 0.15) is 25.0 Å². The predicted octanol–water partition coefficient (Wildman–Crippen LogP) is 3.55. The summed E-state index contributed by atoms with van der Waals surface area (Å²) in [6.45, 7) is 3.73. The molecule has 2 unspecified atom stereocenters. The van der Waals surface area contributed by atoms with Crippen LogP contribution in [-0.2, 0) is 47.6 Å². The molecule has 0 N–H and O–H groups in total. The molecule has 2 rings (SSSR count). The van der Waals surface area contributed by atoms with Crippen molar-refractivity contribution in [2.45, 2.75) is 26.2 Å². The molecule has 0 aromatic heterocycles. The van der Waals surface area contributed by atoms with E-state index in [1.807, 2.05) is 12.1 Å². The second-order valence-corrected chi connectivity index (χ2v) is 8.94. The van der Waals surface area contributed by atoms with Crippen molar-refractivity contribution >= 4 is 15.2 Å². The van der Waals surface area contributed by atoms with Crippen molar-refractivity contribution in [2.75, 3.05) is 13.2 Å². The average molecular weight is 453 g/mol. The molecule has 2 aromatic rings. The van der Waals surface area contributed by atoms with Crippen molar-refractivity contribution in [3.8, 4) is 0 Å². The minimum absolute atomic E-state index is 0. The molecule has 0 heterocycles. The smallest absolute Gasteiger partial charge is 0.778 e. The fourth-order valence-electron chi connectivity index (χ4n) is 2.10. The molecule has 149 valence electrons. The third-order valence-corrected chi connectivity index (χ3v) is 5.90. The maximum atomic E-state index is 11.2. The van der Waals surface area contributed by atoms with E-state index in [1.54, 1.807) is 62.4 Å². The van der Waals surface area contributed by atoms with Crippen molar-refractivity contribution in [1.82, 2.24) is 0 Å². The standard InChI is InChI=1S/2C9H13O3P.Mn/c2*1-2-12-13(10,11)8-9-6-4-3-5-7-9;/h2*3-7H,2,8H2,1H3,(H,10,11);/q;;+2/p-2. The molecule has 0 spiro atoms. The van der Waals surface area contributed by atoms with Crippen LogP contribution in [0.4, 0.5) is 0 Å². The van der Waals surface area contributed by atoms with E-state index in [1.165, 1.54) is 0 Å². The van der Waals surface area contributed by atoms with Gasteiger partial charge in [-0.25, -0.2) is 0 Å². The largest absolute Gasteiger partial charge is 2.00 e. The summed E-state index contributed by atoms with van der Waals surface area (Å²) in [7, 11) is -7.33. The predicted molar refractivity (Wildman–Crippen MR) is 98.8 cm³/mol. The molecule has 0 saturated heterocycles. The van der Waals surface area contributed by atoms with Crippen molar-refractivity contribution < 1.29 is 45.0 Å². The molecule has 27 heavy (non-hydrogen) atoms. The van der Waals surface area contributed by atoms with Gasteiger partial charge in [0.15, 0.2) is 0 Å². The van der Waals surface area contributed by atoms with Crippen LogP contribution in [0, 0.1) is 0 Å². The summed E-state index contributed by atoms with van der Waals surface area (Å²) in [5, 5.41) is 0. The zero-order chi connectivity index (χ0) is 19.5. The summed E-state index contributed by atoms with van der Waals surface area (Å²) >= 11 is 0. The first-order chi connectivity index (χ1) is 12.3. The third kappa shape index (κ3) is 12.4. The van der Waals surface area contributed by atoms with Gasteiger partial charge in [-0.05, 0) is 25.0 Å². The summed E-state index contributed by atoms with van der Waals surface area (Å²) in [5.74, 6) is 0. The Morgan fingerprint density at radius 2 is 1.00 bits per heavy atom. The van der Waals surface area contributed by atoms with Crippen molar-refractivity contribution in [3.63, 3.8) is 0 Å². The van der Waals surface area contributed by atoms with Gasteiger partial charge < -0.3 is 28.0 Å². The van der Waals surface area contributed by atoms with Crippen LogP contribution in [-0.4, -0.2) is 13.2 Å². The van der Waals surface area contributed by atoms with E-state index in [9.17, 15) is 18.9 Å². The van der Waals surface area contributed by atoms with Gasteiger partial charge in [-0.3, -0.25) is 0 Å². The fourth-order valence-corrected chi connectivity index (χ4v) is 4.38. The molecule has 1 radical (unpaired) electrons. The Kier molecular flexibility index (Phi) is 13.1. The fraction of sp³-hybridized carbons (Fsp3) is 0.333. The second-order valence-electron chi connectivity index (χ2n) is 5.34. The molecule has 0 fully saturated rings. The molecule has 6 nitrogen and oxygen atoms in total. The first-order valence-corrected chi connectivity index (χ1v) is 11.7. The Morgan fingerprint density at radius 1 is 0.704 bits per heavy atom. The van der Waals surface area contributed by atoms with E-state index in [0.29, 0.717) is 0 Å². The first-order valence-electron chi connectivity index (χ1n) is 8.25. The molecule has 0 aliphatic carbocycles. The summed E-state index contributed by atoms with van der Waals surface area (Å²) < 4.78 is 31.7. The maximum Gasteiger partial charge on any atom is 2.00 e. The Labute approximate surface area is 171 Å². The van der Waals surface area contributed by atoms with Crippen LogP contribution in [0.25, 0.3) is 0 Å². The van der Waals surface area contributed by atoms with E-state index in [4.69, 9.17) is 0 Å². The zero-order valence-corrected chi connectivity index (χ0v) is 18.3. The molecule has 2 aromatic carbocycles. The molecule has 9 heteroatoms. The van der Waals surface area contributed by atoms with E-state index in [-0.39, 0.29) is 42.6 Å². The molecule has 0 aliphatic heterocycles. The van der Waals surface area contributed by atoms with Crippen LogP contribution < -0.4 is 9.79 Å². The third-order valence-electron chi connectivity index (χ3n) is 3.09. The van der Waals surface area contributed by atoms with E-state index < -0.39 is 15.2 Å². The molecule has 0 bridgehead atoms. The molecule has 2 atom stereocenters. The van der Waals surface area contributed by atoms with Gasteiger partial charge in [0, 0.05) is 12.3 Å². The molecular formula is C18H24MnO6P2. The molecule has 0 amide bonds. The minimum atomic E-state index is -3.66. The quantitative estimate of drug-likeness (QED) is 0.448. The zero-order valence-electron chi connectivity index (χ0n) is 15.3. The number of benzene rings is 2. The van der Waals surface area contributed by atoms with Gasteiger partial charge >= 0.3 is 17.1 Å². The van der Waals surface area contributed by atoms with Gasteiger partial charge in [-0.15, -0.1) is 0 Å².